The largest absolute Gasteiger partial charge is 0.456 e. The minimum atomic E-state index is 0.615. The third kappa shape index (κ3) is 3.56. The Bertz CT molecular complexity index is 1820. The monoisotopic (exact) mass is 530 g/mol. The summed E-state index contributed by atoms with van der Waals surface area (Å²) in [6.07, 6.45) is 0. The van der Waals surface area contributed by atoms with Crippen LogP contribution in [0.25, 0.3) is 44.5 Å². The van der Waals surface area contributed by atoms with Crippen molar-refractivity contribution in [3.63, 3.8) is 0 Å². The highest BCUT2D eigenvalue weighted by atomic mass is 79.9. The highest BCUT2D eigenvalue weighted by molar-refractivity contribution is 9.10. The first-order chi connectivity index (χ1) is 17.7. The van der Waals surface area contributed by atoms with E-state index in [4.69, 9.17) is 8.83 Å². The van der Waals surface area contributed by atoms with E-state index in [9.17, 15) is 0 Å². The first-order valence-corrected chi connectivity index (χ1v) is 12.5. The third-order valence-corrected chi connectivity index (χ3v) is 6.85. The third-order valence-electron chi connectivity index (χ3n) is 6.36. The average molecular weight is 531 g/mol. The average Bonchev–Trinajstić information content (AvgIpc) is 3.50. The van der Waals surface area contributed by atoms with Crippen molar-refractivity contribution in [2.24, 2.45) is 0 Å². The summed E-state index contributed by atoms with van der Waals surface area (Å²) >= 11 is 3.54. The first-order valence-electron chi connectivity index (χ1n) is 11.7. The Morgan fingerprint density at radius 3 is 2.03 bits per heavy atom. The summed E-state index contributed by atoms with van der Waals surface area (Å²) in [6, 6.07) is 38.9. The van der Waals surface area contributed by atoms with E-state index < -0.39 is 0 Å². The maximum Gasteiger partial charge on any atom is 0.227 e. The number of rotatable bonds is 4. The van der Waals surface area contributed by atoms with E-state index in [-0.39, 0.29) is 0 Å². The van der Waals surface area contributed by atoms with Crippen molar-refractivity contribution >= 4 is 66.0 Å². The number of hydrogen-bond donors (Lipinski definition) is 0. The molecule has 0 saturated carbocycles. The van der Waals surface area contributed by atoms with Crippen LogP contribution in [-0.4, -0.2) is 4.98 Å². The van der Waals surface area contributed by atoms with E-state index in [1.165, 1.54) is 0 Å². The molecular formula is C31H19BrN2O2. The van der Waals surface area contributed by atoms with Crippen LogP contribution in [0.5, 0.6) is 0 Å². The quantitative estimate of drug-likeness (QED) is 0.227. The number of halogens is 1. The molecule has 0 fully saturated rings. The molecule has 7 rings (SSSR count). The second-order valence-corrected chi connectivity index (χ2v) is 9.54. The molecule has 0 atom stereocenters. The number of anilines is 3. The van der Waals surface area contributed by atoms with Crippen molar-refractivity contribution in [2.45, 2.75) is 0 Å². The first kappa shape index (κ1) is 21.0. The summed E-state index contributed by atoms with van der Waals surface area (Å²) in [4.78, 5) is 6.86. The van der Waals surface area contributed by atoms with Gasteiger partial charge in [-0.05, 0) is 78.9 Å². The van der Waals surface area contributed by atoms with Gasteiger partial charge in [-0.3, -0.25) is 0 Å². The number of para-hydroxylation sites is 3. The Labute approximate surface area is 215 Å². The molecule has 0 bridgehead atoms. The van der Waals surface area contributed by atoms with E-state index in [1.807, 2.05) is 66.7 Å². The zero-order chi connectivity index (χ0) is 24.1. The van der Waals surface area contributed by atoms with Gasteiger partial charge in [-0.25, -0.2) is 4.98 Å². The van der Waals surface area contributed by atoms with Crippen LogP contribution < -0.4 is 4.90 Å². The molecule has 0 radical (unpaired) electrons. The normalized spacial score (nSPS) is 11.5. The van der Waals surface area contributed by atoms with Crippen LogP contribution in [0.1, 0.15) is 0 Å². The number of benzene rings is 5. The Morgan fingerprint density at radius 1 is 0.556 bits per heavy atom. The fourth-order valence-electron chi connectivity index (χ4n) is 4.65. The predicted octanol–water partition coefficient (Wildman–Crippen LogP) is 9.63. The van der Waals surface area contributed by atoms with Gasteiger partial charge in [0.1, 0.15) is 16.7 Å². The van der Waals surface area contributed by atoms with Crippen LogP contribution in [0.3, 0.4) is 0 Å². The second-order valence-electron chi connectivity index (χ2n) is 8.63. The number of aromatic nitrogens is 1. The van der Waals surface area contributed by atoms with Gasteiger partial charge in [0.25, 0.3) is 0 Å². The van der Waals surface area contributed by atoms with E-state index in [2.05, 4.69) is 74.3 Å². The standard InChI is InChI=1S/C31H19BrN2O2/c32-21-12-16-25-26-17-15-24(19-30(26)35-29(25)18-21)34(22-6-2-1-3-7-22)23-13-10-20(11-14-23)31-33-27-8-4-5-9-28(27)36-31/h1-19H. The van der Waals surface area contributed by atoms with Gasteiger partial charge in [0.2, 0.25) is 5.89 Å². The van der Waals surface area contributed by atoms with Crippen molar-refractivity contribution in [3.8, 4) is 11.5 Å². The van der Waals surface area contributed by atoms with E-state index >= 15 is 0 Å². The lowest BCUT2D eigenvalue weighted by Gasteiger charge is -2.25. The summed E-state index contributed by atoms with van der Waals surface area (Å²) in [5, 5.41) is 2.20. The van der Waals surface area contributed by atoms with Crippen molar-refractivity contribution in [1.82, 2.24) is 4.98 Å². The molecule has 0 N–H and O–H groups in total. The number of oxazole rings is 1. The number of hydrogen-bond acceptors (Lipinski definition) is 4. The molecule has 0 aliphatic carbocycles. The highest BCUT2D eigenvalue weighted by Crippen LogP contribution is 2.39. The lowest BCUT2D eigenvalue weighted by atomic mass is 10.1. The predicted molar refractivity (Wildman–Crippen MR) is 149 cm³/mol. The van der Waals surface area contributed by atoms with Gasteiger partial charge in [-0.15, -0.1) is 0 Å². The van der Waals surface area contributed by atoms with Crippen molar-refractivity contribution in [2.75, 3.05) is 4.90 Å². The number of furan rings is 1. The summed E-state index contributed by atoms with van der Waals surface area (Å²) in [5.41, 5.74) is 7.39. The molecule has 4 nitrogen and oxygen atoms in total. The number of nitrogens with zero attached hydrogens (tertiary/aromatic N) is 2. The molecule has 2 aromatic heterocycles. The molecule has 0 saturated heterocycles. The van der Waals surface area contributed by atoms with E-state index in [1.54, 1.807) is 0 Å². The van der Waals surface area contributed by atoms with Gasteiger partial charge in [0.05, 0.1) is 0 Å². The van der Waals surface area contributed by atoms with Gasteiger partial charge in [0.15, 0.2) is 5.58 Å². The topological polar surface area (TPSA) is 42.4 Å². The highest BCUT2D eigenvalue weighted by Gasteiger charge is 2.16. The molecule has 7 aromatic rings. The molecule has 5 heteroatoms. The van der Waals surface area contributed by atoms with Crippen LogP contribution in [0.2, 0.25) is 0 Å². The minimum absolute atomic E-state index is 0.615. The van der Waals surface area contributed by atoms with Crippen LogP contribution in [0.15, 0.2) is 129 Å². The van der Waals surface area contributed by atoms with Gasteiger partial charge in [-0.1, -0.05) is 46.3 Å². The Morgan fingerprint density at radius 2 is 1.22 bits per heavy atom. The van der Waals surface area contributed by atoms with Crippen LogP contribution in [0.4, 0.5) is 17.1 Å². The molecular weight excluding hydrogens is 512 g/mol. The molecule has 36 heavy (non-hydrogen) atoms. The SMILES string of the molecule is Brc1ccc2c(c1)oc1cc(N(c3ccccc3)c3ccc(-c4nc5ccccc5o4)cc3)ccc12. The molecule has 0 spiro atoms. The maximum absolute atomic E-state index is 6.22. The minimum Gasteiger partial charge on any atom is -0.456 e. The fourth-order valence-corrected chi connectivity index (χ4v) is 4.99. The van der Waals surface area contributed by atoms with Gasteiger partial charge in [0, 0.05) is 43.9 Å². The van der Waals surface area contributed by atoms with Crippen molar-refractivity contribution in [1.29, 1.82) is 0 Å². The summed E-state index contributed by atoms with van der Waals surface area (Å²) < 4.78 is 13.2. The molecule has 0 amide bonds. The molecule has 0 aliphatic heterocycles. The van der Waals surface area contributed by atoms with Gasteiger partial charge in [-0.2, -0.15) is 0 Å². The van der Waals surface area contributed by atoms with E-state index in [0.717, 1.165) is 60.1 Å². The summed E-state index contributed by atoms with van der Waals surface area (Å²) in [7, 11) is 0. The summed E-state index contributed by atoms with van der Waals surface area (Å²) in [6.45, 7) is 0. The lowest BCUT2D eigenvalue weighted by molar-refractivity contribution is 0.620. The van der Waals surface area contributed by atoms with Crippen molar-refractivity contribution < 1.29 is 8.83 Å². The van der Waals surface area contributed by atoms with Crippen LogP contribution in [0, 0.1) is 0 Å². The van der Waals surface area contributed by atoms with Gasteiger partial charge >= 0.3 is 0 Å². The summed E-state index contributed by atoms with van der Waals surface area (Å²) in [5.74, 6) is 0.615. The molecule has 2 heterocycles. The van der Waals surface area contributed by atoms with Crippen molar-refractivity contribution in [3.05, 3.63) is 120 Å². The maximum atomic E-state index is 6.22. The lowest BCUT2D eigenvalue weighted by Crippen LogP contribution is -2.09. The Kier molecular flexibility index (Phi) is 4.89. The van der Waals surface area contributed by atoms with Gasteiger partial charge < -0.3 is 13.7 Å². The zero-order valence-electron chi connectivity index (χ0n) is 19.1. The van der Waals surface area contributed by atoms with E-state index in [0.29, 0.717) is 5.89 Å². The molecule has 172 valence electrons. The Hall–Kier alpha value is -4.35. The fraction of sp³-hybridized carbons (Fsp3) is 0. The molecule has 0 unspecified atom stereocenters. The molecule has 5 aromatic carbocycles. The number of fused-ring (bicyclic) bond motifs is 4. The second kappa shape index (κ2) is 8.40. The molecule has 0 aliphatic rings. The smallest absolute Gasteiger partial charge is 0.227 e. The Balaban J connectivity index is 1.33. The van der Waals surface area contributed by atoms with Crippen LogP contribution >= 0.6 is 15.9 Å². The van der Waals surface area contributed by atoms with Crippen LogP contribution in [-0.2, 0) is 0 Å². The zero-order valence-corrected chi connectivity index (χ0v) is 20.6.